The maximum Gasteiger partial charge on any atom is 0.0445 e. The van der Waals surface area contributed by atoms with Crippen LogP contribution in [0.25, 0.3) is 0 Å². The van der Waals surface area contributed by atoms with E-state index in [9.17, 15) is 9.90 Å². The van der Waals surface area contributed by atoms with Crippen LogP contribution in [0.3, 0.4) is 0 Å². The van der Waals surface area contributed by atoms with Gasteiger partial charge >= 0.3 is 0 Å². The summed E-state index contributed by atoms with van der Waals surface area (Å²) in [6.45, 7) is 7.13. The van der Waals surface area contributed by atoms with E-state index in [2.05, 4.69) is 45.0 Å². The van der Waals surface area contributed by atoms with Gasteiger partial charge in [-0.3, -0.25) is 0 Å². The van der Waals surface area contributed by atoms with Crippen LogP contribution >= 0.6 is 0 Å². The molecule has 3 saturated carbocycles. The van der Waals surface area contributed by atoms with E-state index in [4.69, 9.17) is 0 Å². The van der Waals surface area contributed by atoms with Crippen LogP contribution in [0.15, 0.2) is 24.3 Å². The molecule has 0 radical (unpaired) electrons. The van der Waals surface area contributed by atoms with Gasteiger partial charge in [-0.25, -0.2) is 0 Å². The van der Waals surface area contributed by atoms with Gasteiger partial charge in [0.1, 0.15) is 0 Å². The molecular weight excluding hydrogens is 452 g/mol. The number of aliphatic carboxylic acids is 1. The molecule has 0 aromatic heterocycles. The summed E-state index contributed by atoms with van der Waals surface area (Å²) in [7, 11) is 0. The first-order valence-electron chi connectivity index (χ1n) is 16.3. The average Bonchev–Trinajstić information content (AvgIpc) is 2.94. The topological polar surface area (TPSA) is 40.1 Å². The zero-order valence-corrected chi connectivity index (χ0v) is 24.3. The highest BCUT2D eigenvalue weighted by atomic mass is 16.4. The van der Waals surface area contributed by atoms with Gasteiger partial charge in [0.2, 0.25) is 0 Å². The molecule has 3 fully saturated rings. The minimum Gasteiger partial charge on any atom is -0.550 e. The van der Waals surface area contributed by atoms with Gasteiger partial charge in [0.25, 0.3) is 0 Å². The Labute approximate surface area is 228 Å². The van der Waals surface area contributed by atoms with E-state index < -0.39 is 5.97 Å². The molecule has 208 valence electrons. The number of hydrogen-bond acceptors (Lipinski definition) is 2. The molecular formula is C35H55O2-. The molecule has 0 amide bonds. The van der Waals surface area contributed by atoms with Crippen molar-refractivity contribution in [2.24, 2.45) is 29.6 Å². The predicted molar refractivity (Wildman–Crippen MR) is 153 cm³/mol. The van der Waals surface area contributed by atoms with Crippen molar-refractivity contribution in [1.82, 2.24) is 0 Å². The summed E-state index contributed by atoms with van der Waals surface area (Å²) in [5.41, 5.74) is 3.29. The molecule has 3 aliphatic rings. The Morgan fingerprint density at radius 3 is 2.08 bits per heavy atom. The molecule has 3 aliphatic carbocycles. The van der Waals surface area contributed by atoms with Crippen LogP contribution in [0.2, 0.25) is 0 Å². The van der Waals surface area contributed by atoms with Crippen molar-refractivity contribution in [2.45, 2.75) is 148 Å². The Kier molecular flexibility index (Phi) is 10.6. The number of unbranched alkanes of at least 4 members (excludes halogenated alkanes) is 2. The van der Waals surface area contributed by atoms with Gasteiger partial charge in [0, 0.05) is 5.97 Å². The van der Waals surface area contributed by atoms with Crippen molar-refractivity contribution in [2.75, 3.05) is 0 Å². The first-order valence-corrected chi connectivity index (χ1v) is 16.3. The van der Waals surface area contributed by atoms with Gasteiger partial charge < -0.3 is 9.90 Å². The van der Waals surface area contributed by atoms with Gasteiger partial charge in [-0.2, -0.15) is 0 Å². The molecule has 1 aromatic rings. The third kappa shape index (κ3) is 7.02. The van der Waals surface area contributed by atoms with Crippen molar-refractivity contribution in [3.8, 4) is 0 Å². The molecule has 37 heavy (non-hydrogen) atoms. The second-order valence-electron chi connectivity index (χ2n) is 13.5. The quantitative estimate of drug-likeness (QED) is 0.280. The Morgan fingerprint density at radius 1 is 0.865 bits per heavy atom. The zero-order valence-electron chi connectivity index (χ0n) is 24.3. The standard InChI is InChI=1S/C35H56O2/c1-4-6-9-23-35(24-21-31(22-25-35)34(36)37)33-12-8-7-11-32(33)26(3)28-17-19-30(20-18-28)29-15-13-27(10-5-2)14-16-29/h7-8,11-12,26-31H,4-6,9-10,13-25H2,1-3H3,(H,36,37)/p-1. The van der Waals surface area contributed by atoms with Gasteiger partial charge in [-0.05, 0) is 123 Å². The minimum absolute atomic E-state index is 0.153. The minimum atomic E-state index is -0.834. The first kappa shape index (κ1) is 28.7. The molecule has 0 N–H and O–H groups in total. The maximum atomic E-state index is 11.6. The lowest BCUT2D eigenvalue weighted by Crippen LogP contribution is -2.39. The molecule has 0 saturated heterocycles. The summed E-state index contributed by atoms with van der Waals surface area (Å²) < 4.78 is 0. The summed E-state index contributed by atoms with van der Waals surface area (Å²) in [4.78, 5) is 11.6. The number of hydrogen-bond donors (Lipinski definition) is 0. The van der Waals surface area contributed by atoms with E-state index in [1.165, 1.54) is 89.9 Å². The van der Waals surface area contributed by atoms with Crippen molar-refractivity contribution < 1.29 is 9.90 Å². The Morgan fingerprint density at radius 2 is 1.49 bits per heavy atom. The lowest BCUT2D eigenvalue weighted by Gasteiger charge is -2.44. The van der Waals surface area contributed by atoms with Crippen LogP contribution in [-0.2, 0) is 10.2 Å². The lowest BCUT2D eigenvalue weighted by molar-refractivity contribution is -0.312. The van der Waals surface area contributed by atoms with Crippen LogP contribution in [0, 0.1) is 29.6 Å². The number of carbonyl (C=O) groups excluding carboxylic acids is 1. The Hall–Kier alpha value is -1.31. The normalized spacial score (nSPS) is 33.6. The van der Waals surface area contributed by atoms with Gasteiger partial charge in [-0.1, -0.05) is 90.0 Å². The van der Waals surface area contributed by atoms with Crippen molar-refractivity contribution in [1.29, 1.82) is 0 Å². The van der Waals surface area contributed by atoms with E-state index in [1.54, 1.807) is 11.1 Å². The SMILES string of the molecule is CCCCCC1(c2ccccc2C(C)C2CCC(C3CCC(CCC)CC3)CC2)CCC(C(=O)[O-])CC1. The number of carboxylic acid groups (broad SMARTS) is 1. The fourth-order valence-corrected chi connectivity index (χ4v) is 8.88. The Bertz CT molecular complexity index is 819. The van der Waals surface area contributed by atoms with Gasteiger partial charge in [0.15, 0.2) is 0 Å². The molecule has 0 heterocycles. The smallest absolute Gasteiger partial charge is 0.0445 e. The summed E-state index contributed by atoms with van der Waals surface area (Å²) in [5, 5.41) is 11.6. The molecule has 1 aromatic carbocycles. The van der Waals surface area contributed by atoms with Crippen molar-refractivity contribution >= 4 is 5.97 Å². The second-order valence-corrected chi connectivity index (χ2v) is 13.5. The molecule has 2 heteroatoms. The van der Waals surface area contributed by atoms with Crippen LogP contribution in [-0.4, -0.2) is 5.97 Å². The summed E-state index contributed by atoms with van der Waals surface area (Å²) >= 11 is 0. The Balaban J connectivity index is 1.43. The van der Waals surface area contributed by atoms with E-state index in [1.807, 2.05) is 0 Å². The molecule has 0 spiro atoms. The summed E-state index contributed by atoms with van der Waals surface area (Å²) in [5.74, 6) is 3.29. The molecule has 0 aliphatic heterocycles. The second kappa shape index (κ2) is 13.7. The maximum absolute atomic E-state index is 11.6. The molecule has 1 unspecified atom stereocenters. The number of carbonyl (C=O) groups is 1. The molecule has 2 nitrogen and oxygen atoms in total. The highest BCUT2D eigenvalue weighted by molar-refractivity contribution is 5.67. The number of rotatable bonds is 11. The fraction of sp³-hybridized carbons (Fsp3) is 0.800. The lowest BCUT2D eigenvalue weighted by atomic mass is 9.61. The largest absolute Gasteiger partial charge is 0.550 e. The predicted octanol–water partition coefficient (Wildman–Crippen LogP) is 8.96. The highest BCUT2D eigenvalue weighted by Crippen LogP contribution is 2.50. The van der Waals surface area contributed by atoms with Crippen molar-refractivity contribution in [3.63, 3.8) is 0 Å². The average molecular weight is 508 g/mol. The molecule has 1 atom stereocenters. The summed E-state index contributed by atoms with van der Waals surface area (Å²) in [6, 6.07) is 9.33. The number of benzene rings is 1. The number of carboxylic acids is 1. The van der Waals surface area contributed by atoms with E-state index in [0.717, 1.165) is 49.4 Å². The monoisotopic (exact) mass is 507 g/mol. The van der Waals surface area contributed by atoms with E-state index >= 15 is 0 Å². The van der Waals surface area contributed by atoms with Crippen LogP contribution in [0.5, 0.6) is 0 Å². The summed E-state index contributed by atoms with van der Waals surface area (Å²) in [6.07, 6.45) is 23.0. The molecule has 4 rings (SSSR count). The first-order chi connectivity index (χ1) is 18.0. The van der Waals surface area contributed by atoms with E-state index in [-0.39, 0.29) is 11.3 Å². The van der Waals surface area contributed by atoms with Gasteiger partial charge in [0.05, 0.1) is 0 Å². The van der Waals surface area contributed by atoms with E-state index in [0.29, 0.717) is 5.92 Å². The van der Waals surface area contributed by atoms with Gasteiger partial charge in [-0.15, -0.1) is 0 Å². The third-order valence-corrected chi connectivity index (χ3v) is 11.3. The third-order valence-electron chi connectivity index (χ3n) is 11.3. The highest BCUT2D eigenvalue weighted by Gasteiger charge is 2.40. The van der Waals surface area contributed by atoms with Crippen molar-refractivity contribution in [3.05, 3.63) is 35.4 Å². The zero-order chi connectivity index (χ0) is 26.3. The van der Waals surface area contributed by atoms with Crippen LogP contribution < -0.4 is 5.11 Å². The van der Waals surface area contributed by atoms with Crippen LogP contribution in [0.1, 0.15) is 153 Å². The fourth-order valence-electron chi connectivity index (χ4n) is 8.88. The molecule has 0 bridgehead atoms. The van der Waals surface area contributed by atoms with Crippen LogP contribution in [0.4, 0.5) is 0 Å².